The summed E-state index contributed by atoms with van der Waals surface area (Å²) >= 11 is 0. The number of hydrogen-bond acceptors (Lipinski definition) is 4. The number of nitrogens with two attached hydrogens (primary N) is 1. The Hall–Kier alpha value is -1.18. The van der Waals surface area contributed by atoms with Crippen LogP contribution in [0.3, 0.4) is 0 Å². The molecule has 1 aromatic carbocycles. The second kappa shape index (κ2) is 6.12. The molecule has 102 valence electrons. The first kappa shape index (κ1) is 14.9. The maximum absolute atomic E-state index is 13.1. The minimum absolute atomic E-state index is 0.0128. The van der Waals surface area contributed by atoms with Crippen LogP contribution in [-0.2, 0) is 10.0 Å². The van der Waals surface area contributed by atoms with E-state index < -0.39 is 15.8 Å². The first-order chi connectivity index (χ1) is 8.43. The van der Waals surface area contributed by atoms with E-state index in [1.54, 1.807) is 6.92 Å². The summed E-state index contributed by atoms with van der Waals surface area (Å²) in [4.78, 5) is -0.234. The Morgan fingerprint density at radius 1 is 1.44 bits per heavy atom. The number of halogens is 1. The van der Waals surface area contributed by atoms with Gasteiger partial charge in [-0.2, -0.15) is 4.31 Å². The smallest absolute Gasteiger partial charge is 0.245 e. The maximum atomic E-state index is 13.1. The third-order valence-electron chi connectivity index (χ3n) is 2.51. The van der Waals surface area contributed by atoms with Gasteiger partial charge in [-0.1, -0.05) is 6.92 Å². The second-order valence-electron chi connectivity index (χ2n) is 3.76. The lowest BCUT2D eigenvalue weighted by Crippen LogP contribution is -2.32. The van der Waals surface area contributed by atoms with Crippen molar-refractivity contribution in [3.05, 3.63) is 24.0 Å². The van der Waals surface area contributed by atoms with Gasteiger partial charge in [0, 0.05) is 19.7 Å². The predicted octanol–water partition coefficient (Wildman–Crippen LogP) is 0.801. The van der Waals surface area contributed by atoms with Gasteiger partial charge in [0.2, 0.25) is 10.0 Å². The monoisotopic (exact) mass is 276 g/mol. The van der Waals surface area contributed by atoms with E-state index >= 15 is 0 Å². The van der Waals surface area contributed by atoms with E-state index in [2.05, 4.69) is 0 Å². The number of hydrogen-bond donors (Lipinski definition) is 2. The van der Waals surface area contributed by atoms with Gasteiger partial charge in [0.05, 0.1) is 5.69 Å². The molecule has 0 atom stereocenters. The van der Waals surface area contributed by atoms with Crippen LogP contribution in [0.4, 0.5) is 10.1 Å². The topological polar surface area (TPSA) is 83.6 Å². The Labute approximate surface area is 106 Å². The van der Waals surface area contributed by atoms with E-state index in [0.717, 1.165) is 16.4 Å². The summed E-state index contributed by atoms with van der Waals surface area (Å²) < 4.78 is 38.8. The van der Waals surface area contributed by atoms with Crippen molar-refractivity contribution in [3.63, 3.8) is 0 Å². The van der Waals surface area contributed by atoms with E-state index in [9.17, 15) is 12.8 Å². The maximum Gasteiger partial charge on any atom is 0.245 e. The largest absolute Gasteiger partial charge is 0.398 e. The van der Waals surface area contributed by atoms with Crippen LogP contribution in [0.2, 0.25) is 0 Å². The molecule has 0 saturated heterocycles. The number of benzene rings is 1. The van der Waals surface area contributed by atoms with Crippen molar-refractivity contribution in [3.8, 4) is 0 Å². The number of anilines is 1. The van der Waals surface area contributed by atoms with Crippen LogP contribution < -0.4 is 5.73 Å². The van der Waals surface area contributed by atoms with E-state index in [0.29, 0.717) is 6.42 Å². The lowest BCUT2D eigenvalue weighted by atomic mass is 10.3. The summed E-state index contributed by atoms with van der Waals surface area (Å²) in [5.74, 6) is -0.652. The molecule has 1 rings (SSSR count). The minimum Gasteiger partial charge on any atom is -0.398 e. The van der Waals surface area contributed by atoms with E-state index in [1.807, 2.05) is 0 Å². The fourth-order valence-electron chi connectivity index (χ4n) is 1.57. The molecule has 0 radical (unpaired) electrons. The molecule has 7 heteroatoms. The van der Waals surface area contributed by atoms with E-state index in [1.165, 1.54) is 6.07 Å². The molecular weight excluding hydrogens is 259 g/mol. The number of aliphatic hydroxyl groups excluding tert-OH is 1. The van der Waals surface area contributed by atoms with Gasteiger partial charge in [0.1, 0.15) is 10.7 Å². The molecule has 0 spiro atoms. The molecule has 0 unspecified atom stereocenters. The van der Waals surface area contributed by atoms with Crippen LogP contribution in [0.5, 0.6) is 0 Å². The predicted molar refractivity (Wildman–Crippen MR) is 66.9 cm³/mol. The van der Waals surface area contributed by atoms with Crippen molar-refractivity contribution in [1.29, 1.82) is 0 Å². The third kappa shape index (κ3) is 3.18. The van der Waals surface area contributed by atoms with Crippen LogP contribution in [-0.4, -0.2) is 37.5 Å². The van der Waals surface area contributed by atoms with Crippen molar-refractivity contribution >= 4 is 15.7 Å². The Balaban J connectivity index is 3.14. The van der Waals surface area contributed by atoms with Gasteiger partial charge in [-0.25, -0.2) is 12.8 Å². The number of rotatable bonds is 6. The first-order valence-corrected chi connectivity index (χ1v) is 7.03. The van der Waals surface area contributed by atoms with Crippen LogP contribution in [0.15, 0.2) is 23.1 Å². The van der Waals surface area contributed by atoms with E-state index in [-0.39, 0.29) is 30.3 Å². The normalized spacial score (nSPS) is 12.0. The summed E-state index contributed by atoms with van der Waals surface area (Å²) in [5.41, 5.74) is 5.59. The van der Waals surface area contributed by atoms with Crippen LogP contribution >= 0.6 is 0 Å². The lowest BCUT2D eigenvalue weighted by molar-refractivity contribution is 0.271. The summed E-state index contributed by atoms with van der Waals surface area (Å²) in [5, 5.41) is 8.74. The lowest BCUT2D eigenvalue weighted by Gasteiger charge is -2.20. The highest BCUT2D eigenvalue weighted by atomic mass is 32.2. The molecule has 0 fully saturated rings. The Morgan fingerprint density at radius 2 is 2.11 bits per heavy atom. The van der Waals surface area contributed by atoms with E-state index in [4.69, 9.17) is 10.8 Å². The molecule has 3 N–H and O–H groups in total. The van der Waals surface area contributed by atoms with Gasteiger partial charge in [0.25, 0.3) is 0 Å². The highest BCUT2D eigenvalue weighted by Gasteiger charge is 2.25. The molecule has 0 aliphatic carbocycles. The highest BCUT2D eigenvalue weighted by molar-refractivity contribution is 7.89. The zero-order valence-corrected chi connectivity index (χ0v) is 11.0. The van der Waals surface area contributed by atoms with Gasteiger partial charge >= 0.3 is 0 Å². The van der Waals surface area contributed by atoms with Gasteiger partial charge in [-0.15, -0.1) is 0 Å². The number of aliphatic hydroxyl groups is 1. The van der Waals surface area contributed by atoms with Crippen molar-refractivity contribution in [2.75, 3.05) is 25.4 Å². The zero-order chi connectivity index (χ0) is 13.8. The van der Waals surface area contributed by atoms with Crippen molar-refractivity contribution in [1.82, 2.24) is 4.31 Å². The molecule has 0 amide bonds. The average Bonchev–Trinajstić information content (AvgIpc) is 2.33. The molecule has 0 bridgehead atoms. The average molecular weight is 276 g/mol. The summed E-state index contributed by atoms with van der Waals surface area (Å²) in [6.45, 7) is 1.97. The molecular formula is C11H17FN2O3S. The van der Waals surface area contributed by atoms with Crippen LogP contribution in [0.25, 0.3) is 0 Å². The number of nitrogen functional groups attached to an aromatic ring is 1. The molecule has 18 heavy (non-hydrogen) atoms. The molecule has 1 aromatic rings. The Kier molecular flexibility index (Phi) is 5.06. The molecule has 0 aromatic heterocycles. The number of sulfonamides is 1. The third-order valence-corrected chi connectivity index (χ3v) is 4.54. The van der Waals surface area contributed by atoms with Crippen LogP contribution in [0, 0.1) is 5.82 Å². The standard InChI is InChI=1S/C11H17FN2O3S/c1-2-14(6-3-7-15)18(16,17)11-8-9(12)4-5-10(11)13/h4-5,8,15H,2-3,6-7,13H2,1H3. The van der Waals surface area contributed by atoms with Crippen molar-refractivity contribution in [2.24, 2.45) is 0 Å². The Bertz CT molecular complexity index is 505. The number of nitrogens with zero attached hydrogens (tertiary/aromatic N) is 1. The Morgan fingerprint density at radius 3 is 2.67 bits per heavy atom. The molecule has 0 aliphatic heterocycles. The van der Waals surface area contributed by atoms with Gasteiger partial charge in [-0.3, -0.25) is 0 Å². The molecule has 5 nitrogen and oxygen atoms in total. The van der Waals surface area contributed by atoms with Crippen molar-refractivity contribution < 1.29 is 17.9 Å². The fraction of sp³-hybridized carbons (Fsp3) is 0.455. The SMILES string of the molecule is CCN(CCCO)S(=O)(=O)c1cc(F)ccc1N. The highest BCUT2D eigenvalue weighted by Crippen LogP contribution is 2.23. The first-order valence-electron chi connectivity index (χ1n) is 5.59. The van der Waals surface area contributed by atoms with Gasteiger partial charge in [-0.05, 0) is 24.6 Å². The summed E-state index contributed by atoms with van der Waals surface area (Å²) in [6.07, 6.45) is 0.322. The second-order valence-corrected chi connectivity index (χ2v) is 5.66. The molecule has 0 heterocycles. The summed E-state index contributed by atoms with van der Waals surface area (Å²) in [6, 6.07) is 3.24. The van der Waals surface area contributed by atoms with Crippen LogP contribution in [0.1, 0.15) is 13.3 Å². The summed E-state index contributed by atoms with van der Waals surface area (Å²) in [7, 11) is -3.82. The van der Waals surface area contributed by atoms with Gasteiger partial charge in [0.15, 0.2) is 0 Å². The zero-order valence-electron chi connectivity index (χ0n) is 10.1. The molecule has 0 aliphatic rings. The quantitative estimate of drug-likeness (QED) is 0.753. The minimum atomic E-state index is -3.82. The van der Waals surface area contributed by atoms with Gasteiger partial charge < -0.3 is 10.8 Å². The molecule has 0 saturated carbocycles. The van der Waals surface area contributed by atoms with Crippen molar-refractivity contribution in [2.45, 2.75) is 18.2 Å². The fourth-order valence-corrected chi connectivity index (χ4v) is 3.18.